The van der Waals surface area contributed by atoms with E-state index in [9.17, 15) is 0 Å². The number of halogens is 2. The third-order valence-corrected chi connectivity index (χ3v) is 4.03. The Morgan fingerprint density at radius 3 is 2.44 bits per heavy atom. The number of hydrogen-bond donors (Lipinski definition) is 0. The van der Waals surface area contributed by atoms with Crippen LogP contribution in [0.4, 0.5) is 0 Å². The van der Waals surface area contributed by atoms with Crippen molar-refractivity contribution in [1.29, 1.82) is 0 Å². The highest BCUT2D eigenvalue weighted by atomic mass is 79.9. The minimum absolute atomic E-state index is 1.00. The van der Waals surface area contributed by atoms with Crippen LogP contribution in [0.3, 0.4) is 0 Å². The Morgan fingerprint density at radius 1 is 1.00 bits per heavy atom. The molecular weight excluding hydrogens is 354 g/mol. The smallest absolute Gasteiger partial charge is 0.0848 e. The van der Waals surface area contributed by atoms with E-state index in [0.29, 0.717) is 0 Å². The van der Waals surface area contributed by atoms with Gasteiger partial charge in [-0.1, -0.05) is 15.9 Å². The number of aromatic nitrogens is 1. The van der Waals surface area contributed by atoms with Gasteiger partial charge in [0.1, 0.15) is 0 Å². The predicted molar refractivity (Wildman–Crippen MR) is 81.4 cm³/mol. The Balaban J connectivity index is 2.19. The molecular formula is C15H10Br2N. The van der Waals surface area contributed by atoms with Gasteiger partial charge in [-0.25, -0.2) is 0 Å². The first kappa shape index (κ1) is 12.6. The van der Waals surface area contributed by atoms with Gasteiger partial charge in [-0.05, 0) is 72.3 Å². The minimum Gasteiger partial charge on any atom is -0.251 e. The summed E-state index contributed by atoms with van der Waals surface area (Å²) in [6.45, 7) is 2.10. The molecule has 5 radical (unpaired) electrons. The lowest BCUT2D eigenvalue weighted by atomic mass is 9.98. The van der Waals surface area contributed by atoms with Crippen LogP contribution in [0.2, 0.25) is 0 Å². The van der Waals surface area contributed by atoms with Crippen LogP contribution in [0.1, 0.15) is 11.3 Å². The molecule has 1 heterocycles. The van der Waals surface area contributed by atoms with E-state index in [2.05, 4.69) is 63.8 Å². The van der Waals surface area contributed by atoms with Gasteiger partial charge in [-0.15, -0.1) is 0 Å². The molecule has 1 saturated carbocycles. The lowest BCUT2D eigenvalue weighted by Gasteiger charge is -2.13. The van der Waals surface area contributed by atoms with Gasteiger partial charge in [0, 0.05) is 20.2 Å². The SMILES string of the molecule is Cc1cc2cc(Br)cc(Br)c2nc1[C]1[CH][CH][CH][CH]1. The lowest BCUT2D eigenvalue weighted by molar-refractivity contribution is 1.13. The van der Waals surface area contributed by atoms with Gasteiger partial charge >= 0.3 is 0 Å². The fraction of sp³-hybridized carbons (Fsp3) is 0.0667. The monoisotopic (exact) mass is 362 g/mol. The van der Waals surface area contributed by atoms with Crippen LogP contribution in [-0.4, -0.2) is 4.98 Å². The highest BCUT2D eigenvalue weighted by Crippen LogP contribution is 2.34. The van der Waals surface area contributed by atoms with E-state index in [1.807, 2.05) is 18.9 Å². The van der Waals surface area contributed by atoms with Gasteiger partial charge in [0.05, 0.1) is 11.2 Å². The molecule has 0 atom stereocenters. The largest absolute Gasteiger partial charge is 0.251 e. The third-order valence-electron chi connectivity index (χ3n) is 2.96. The van der Waals surface area contributed by atoms with Crippen LogP contribution in [0.25, 0.3) is 10.9 Å². The molecule has 1 fully saturated rings. The van der Waals surface area contributed by atoms with Gasteiger partial charge in [0.15, 0.2) is 0 Å². The topological polar surface area (TPSA) is 12.9 Å². The molecule has 0 unspecified atom stereocenters. The summed E-state index contributed by atoms with van der Waals surface area (Å²) >= 11 is 7.08. The average Bonchev–Trinajstić information content (AvgIpc) is 2.81. The molecule has 0 bridgehead atoms. The van der Waals surface area contributed by atoms with Crippen molar-refractivity contribution >= 4 is 42.8 Å². The predicted octanol–water partition coefficient (Wildman–Crippen LogP) is 4.82. The Morgan fingerprint density at radius 2 is 1.72 bits per heavy atom. The van der Waals surface area contributed by atoms with E-state index >= 15 is 0 Å². The number of pyridine rings is 1. The number of benzene rings is 1. The zero-order valence-electron chi connectivity index (χ0n) is 9.74. The zero-order chi connectivity index (χ0) is 12.7. The summed E-state index contributed by atoms with van der Waals surface area (Å²) < 4.78 is 2.07. The molecule has 1 aromatic heterocycles. The van der Waals surface area contributed by atoms with E-state index in [-0.39, 0.29) is 0 Å². The number of nitrogens with zero attached hydrogens (tertiary/aromatic N) is 1. The van der Waals surface area contributed by atoms with E-state index < -0.39 is 0 Å². The van der Waals surface area contributed by atoms with Crippen LogP contribution in [0, 0.1) is 38.5 Å². The van der Waals surface area contributed by atoms with Crippen molar-refractivity contribution in [2.45, 2.75) is 6.92 Å². The molecule has 1 aliphatic carbocycles. The van der Waals surface area contributed by atoms with Gasteiger partial charge in [0.2, 0.25) is 0 Å². The van der Waals surface area contributed by atoms with Gasteiger partial charge in [0.25, 0.3) is 0 Å². The molecule has 3 rings (SSSR count). The maximum Gasteiger partial charge on any atom is 0.0848 e. The molecule has 18 heavy (non-hydrogen) atoms. The lowest BCUT2D eigenvalue weighted by Crippen LogP contribution is -2.02. The highest BCUT2D eigenvalue weighted by molar-refractivity contribution is 9.11. The molecule has 1 aromatic carbocycles. The Labute approximate surface area is 124 Å². The maximum atomic E-state index is 4.79. The highest BCUT2D eigenvalue weighted by Gasteiger charge is 2.22. The van der Waals surface area contributed by atoms with E-state index in [4.69, 9.17) is 4.98 Å². The Hall–Kier alpha value is -0.410. The fourth-order valence-corrected chi connectivity index (χ4v) is 3.49. The molecule has 1 aliphatic rings. The molecule has 3 heteroatoms. The fourth-order valence-electron chi connectivity index (χ4n) is 2.14. The van der Waals surface area contributed by atoms with Crippen molar-refractivity contribution < 1.29 is 0 Å². The molecule has 2 aromatic rings. The van der Waals surface area contributed by atoms with Crippen molar-refractivity contribution in [1.82, 2.24) is 4.98 Å². The molecule has 0 amide bonds. The van der Waals surface area contributed by atoms with Crippen molar-refractivity contribution in [2.24, 2.45) is 0 Å². The quantitative estimate of drug-likeness (QED) is 0.707. The minimum atomic E-state index is 1.00. The van der Waals surface area contributed by atoms with Crippen LogP contribution in [0.5, 0.6) is 0 Å². The first-order valence-corrected chi connectivity index (χ1v) is 7.22. The van der Waals surface area contributed by atoms with Gasteiger partial charge in [-0.3, -0.25) is 4.98 Å². The van der Waals surface area contributed by atoms with E-state index in [1.165, 1.54) is 11.5 Å². The molecule has 89 valence electrons. The summed E-state index contributed by atoms with van der Waals surface area (Å²) in [7, 11) is 0. The van der Waals surface area contributed by atoms with E-state index in [0.717, 1.165) is 25.5 Å². The van der Waals surface area contributed by atoms with Crippen molar-refractivity contribution in [3.63, 3.8) is 0 Å². The summed E-state index contributed by atoms with van der Waals surface area (Å²) in [6.07, 6.45) is 8.26. The molecule has 0 saturated heterocycles. The second kappa shape index (κ2) is 4.93. The zero-order valence-corrected chi connectivity index (χ0v) is 12.9. The van der Waals surface area contributed by atoms with Crippen molar-refractivity contribution in [2.75, 3.05) is 0 Å². The van der Waals surface area contributed by atoms with Gasteiger partial charge in [-0.2, -0.15) is 0 Å². The van der Waals surface area contributed by atoms with Gasteiger partial charge < -0.3 is 0 Å². The van der Waals surface area contributed by atoms with Crippen LogP contribution in [0.15, 0.2) is 27.1 Å². The van der Waals surface area contributed by atoms with E-state index in [1.54, 1.807) is 0 Å². The first-order chi connectivity index (χ1) is 8.65. The third kappa shape index (κ3) is 2.23. The number of aryl methyl sites for hydroxylation is 1. The van der Waals surface area contributed by atoms with Crippen LogP contribution < -0.4 is 0 Å². The summed E-state index contributed by atoms with van der Waals surface area (Å²) in [5.41, 5.74) is 3.24. The molecule has 1 nitrogen and oxygen atoms in total. The number of hydrogen-bond acceptors (Lipinski definition) is 1. The summed E-state index contributed by atoms with van der Waals surface area (Å²) in [5, 5.41) is 1.14. The summed E-state index contributed by atoms with van der Waals surface area (Å²) in [5.74, 6) is 1.17. The second-order valence-electron chi connectivity index (χ2n) is 4.29. The molecule has 0 N–H and O–H groups in total. The number of fused-ring (bicyclic) bond motifs is 1. The maximum absolute atomic E-state index is 4.79. The van der Waals surface area contributed by atoms with Crippen LogP contribution >= 0.6 is 31.9 Å². The summed E-state index contributed by atoms with van der Waals surface area (Å²) in [4.78, 5) is 4.79. The second-order valence-corrected chi connectivity index (χ2v) is 6.06. The Kier molecular flexibility index (Phi) is 3.46. The Bertz CT molecular complexity index is 601. The van der Waals surface area contributed by atoms with Crippen molar-refractivity contribution in [3.8, 4) is 0 Å². The standard InChI is InChI=1S/C15H10Br2N/c1-9-6-11-7-12(16)8-13(17)15(11)18-14(9)10-4-2-3-5-10/h2-8H,1H3. The summed E-state index contributed by atoms with van der Waals surface area (Å²) in [6, 6.07) is 6.30. The molecule has 0 spiro atoms. The van der Waals surface area contributed by atoms with Crippen LogP contribution in [-0.2, 0) is 0 Å². The average molecular weight is 364 g/mol. The van der Waals surface area contributed by atoms with Crippen molar-refractivity contribution in [3.05, 3.63) is 70.0 Å². The molecule has 0 aliphatic heterocycles. The normalized spacial score (nSPS) is 16.6. The first-order valence-electron chi connectivity index (χ1n) is 5.63. The number of rotatable bonds is 1.